The van der Waals surface area contributed by atoms with E-state index in [1.54, 1.807) is 0 Å². The molecule has 0 saturated heterocycles. The summed E-state index contributed by atoms with van der Waals surface area (Å²) in [6, 6.07) is 5.98. The van der Waals surface area contributed by atoms with Gasteiger partial charge in [-0.1, -0.05) is 0 Å². The first-order valence-electron chi connectivity index (χ1n) is 5.45. The van der Waals surface area contributed by atoms with Crippen LogP contribution in [-0.4, -0.2) is 21.6 Å². The maximum absolute atomic E-state index is 11.2. The zero-order chi connectivity index (χ0) is 12.4. The normalized spacial score (nSPS) is 11.1. The zero-order valence-corrected chi connectivity index (χ0v) is 10.5. The Bertz CT molecular complexity index is 548. The average Bonchev–Trinajstić information content (AvgIpc) is 2.71. The van der Waals surface area contributed by atoms with Crippen LogP contribution in [0.2, 0.25) is 0 Å². The van der Waals surface area contributed by atoms with Crippen LogP contribution in [0.1, 0.15) is 19.9 Å². The molecule has 2 aromatic rings. The van der Waals surface area contributed by atoms with Gasteiger partial charge in [0, 0.05) is 17.1 Å². The highest BCUT2D eigenvalue weighted by Gasteiger charge is 2.07. The molecule has 1 aromatic heterocycles. The van der Waals surface area contributed by atoms with Gasteiger partial charge >= 0.3 is 0 Å². The van der Waals surface area contributed by atoms with Gasteiger partial charge in [0.25, 0.3) is 0 Å². The third-order valence-corrected chi connectivity index (χ3v) is 2.74. The van der Waals surface area contributed by atoms with Crippen LogP contribution in [0.5, 0.6) is 0 Å². The number of nitrogens with zero attached hydrogens (tertiary/aromatic N) is 2. The van der Waals surface area contributed by atoms with E-state index in [1.165, 1.54) is 0 Å². The van der Waals surface area contributed by atoms with Crippen molar-refractivity contribution in [2.24, 2.45) is 0 Å². The topological polar surface area (TPSA) is 46.9 Å². The fourth-order valence-corrected chi connectivity index (χ4v) is 1.79. The molecule has 1 heterocycles. The summed E-state index contributed by atoms with van der Waals surface area (Å²) >= 11 is 5.45. The first-order valence-corrected chi connectivity index (χ1v) is 5.98. The number of rotatable bonds is 3. The molecular weight excluding hydrogens is 238 g/mol. The number of anilines is 1. The van der Waals surface area contributed by atoms with Gasteiger partial charge in [-0.3, -0.25) is 9.48 Å². The predicted molar refractivity (Wildman–Crippen MR) is 69.5 cm³/mol. The second kappa shape index (κ2) is 4.75. The SMILES string of the molecule is CC(C)n1ncc2ccc(NC(=O)CCl)cc21. The largest absolute Gasteiger partial charge is 0.325 e. The number of halogens is 1. The second-order valence-corrected chi connectivity index (χ2v) is 4.41. The molecule has 0 fully saturated rings. The fraction of sp³-hybridized carbons (Fsp3) is 0.333. The molecule has 90 valence electrons. The van der Waals surface area contributed by atoms with Crippen LogP contribution >= 0.6 is 11.6 Å². The van der Waals surface area contributed by atoms with E-state index in [0.29, 0.717) is 0 Å². The summed E-state index contributed by atoms with van der Waals surface area (Å²) in [5.74, 6) is -0.247. The maximum atomic E-state index is 11.2. The molecule has 0 unspecified atom stereocenters. The summed E-state index contributed by atoms with van der Waals surface area (Å²) in [5.41, 5.74) is 1.75. The van der Waals surface area contributed by atoms with Gasteiger partial charge in [-0.15, -0.1) is 11.6 Å². The highest BCUT2D eigenvalue weighted by Crippen LogP contribution is 2.21. The lowest BCUT2D eigenvalue weighted by molar-refractivity contribution is -0.113. The van der Waals surface area contributed by atoms with Crippen LogP contribution in [0.15, 0.2) is 24.4 Å². The molecule has 4 nitrogen and oxygen atoms in total. The molecule has 1 aromatic carbocycles. The number of hydrogen-bond acceptors (Lipinski definition) is 2. The minimum atomic E-state index is -0.207. The van der Waals surface area contributed by atoms with E-state index in [1.807, 2.05) is 29.1 Å². The molecule has 5 heteroatoms. The maximum Gasteiger partial charge on any atom is 0.239 e. The van der Waals surface area contributed by atoms with Crippen molar-refractivity contribution in [3.8, 4) is 0 Å². The molecule has 1 amide bonds. The second-order valence-electron chi connectivity index (χ2n) is 4.14. The highest BCUT2D eigenvalue weighted by atomic mass is 35.5. The monoisotopic (exact) mass is 251 g/mol. The van der Waals surface area contributed by atoms with Crippen LogP contribution in [0, 0.1) is 0 Å². The van der Waals surface area contributed by atoms with Gasteiger partial charge in [-0.25, -0.2) is 0 Å². The number of carbonyl (C=O) groups excluding carboxylic acids is 1. The van der Waals surface area contributed by atoms with Crippen molar-refractivity contribution in [3.63, 3.8) is 0 Å². The van der Waals surface area contributed by atoms with Crippen molar-refractivity contribution >= 4 is 34.1 Å². The van der Waals surface area contributed by atoms with Gasteiger partial charge in [0.2, 0.25) is 5.91 Å². The number of aromatic nitrogens is 2. The molecule has 2 rings (SSSR count). The van der Waals surface area contributed by atoms with E-state index < -0.39 is 0 Å². The molecule has 0 aliphatic carbocycles. The molecule has 0 atom stereocenters. The van der Waals surface area contributed by atoms with E-state index >= 15 is 0 Å². The molecule has 1 N–H and O–H groups in total. The van der Waals surface area contributed by atoms with Crippen LogP contribution in [0.3, 0.4) is 0 Å². The zero-order valence-electron chi connectivity index (χ0n) is 9.77. The number of benzene rings is 1. The Balaban J connectivity index is 2.41. The van der Waals surface area contributed by atoms with Crippen molar-refractivity contribution in [2.45, 2.75) is 19.9 Å². The Kier molecular flexibility index (Phi) is 3.33. The van der Waals surface area contributed by atoms with Crippen LogP contribution in [0.25, 0.3) is 10.9 Å². The molecule has 0 bridgehead atoms. The number of carbonyl (C=O) groups is 1. The van der Waals surface area contributed by atoms with Crippen LogP contribution < -0.4 is 5.32 Å². The molecular formula is C12H14ClN3O. The summed E-state index contributed by atoms with van der Waals surface area (Å²) < 4.78 is 1.92. The molecule has 17 heavy (non-hydrogen) atoms. The summed E-state index contributed by atoms with van der Waals surface area (Å²) in [6.45, 7) is 4.13. The fourth-order valence-electron chi connectivity index (χ4n) is 1.72. The predicted octanol–water partition coefficient (Wildman–Crippen LogP) is 2.79. The number of alkyl halides is 1. The molecule has 0 aliphatic heterocycles. The molecule has 0 aliphatic rings. The number of hydrogen-bond donors (Lipinski definition) is 1. The number of amides is 1. The lowest BCUT2D eigenvalue weighted by atomic mass is 10.2. The van der Waals surface area contributed by atoms with E-state index in [-0.39, 0.29) is 17.8 Å². The molecule has 0 saturated carbocycles. The first kappa shape index (κ1) is 11.9. The molecule has 0 spiro atoms. The van der Waals surface area contributed by atoms with Gasteiger partial charge in [-0.05, 0) is 32.0 Å². The van der Waals surface area contributed by atoms with Crippen LogP contribution in [-0.2, 0) is 4.79 Å². The lowest BCUT2D eigenvalue weighted by Crippen LogP contribution is -2.12. The van der Waals surface area contributed by atoms with Gasteiger partial charge in [0.1, 0.15) is 5.88 Å². The third-order valence-electron chi connectivity index (χ3n) is 2.49. The van der Waals surface area contributed by atoms with Crippen molar-refractivity contribution in [3.05, 3.63) is 24.4 Å². The van der Waals surface area contributed by atoms with Gasteiger partial charge in [-0.2, -0.15) is 5.10 Å². The summed E-state index contributed by atoms with van der Waals surface area (Å²) in [4.78, 5) is 11.2. The quantitative estimate of drug-likeness (QED) is 0.853. The number of nitrogens with one attached hydrogen (secondary N) is 1. The Morgan fingerprint density at radius 1 is 1.53 bits per heavy atom. The average molecular weight is 252 g/mol. The minimum absolute atomic E-state index is 0.0402. The Labute approximate surface area is 105 Å². The van der Waals surface area contributed by atoms with Crippen molar-refractivity contribution in [2.75, 3.05) is 11.2 Å². The summed E-state index contributed by atoms with van der Waals surface area (Å²) in [5, 5.41) is 8.10. The smallest absolute Gasteiger partial charge is 0.239 e. The van der Waals surface area contributed by atoms with Crippen LogP contribution in [0.4, 0.5) is 5.69 Å². The Morgan fingerprint density at radius 2 is 2.29 bits per heavy atom. The Hall–Kier alpha value is -1.55. The van der Waals surface area contributed by atoms with E-state index in [4.69, 9.17) is 11.6 Å². The third kappa shape index (κ3) is 2.42. The minimum Gasteiger partial charge on any atom is -0.325 e. The van der Waals surface area contributed by atoms with Gasteiger partial charge in [0.15, 0.2) is 0 Å². The van der Waals surface area contributed by atoms with Gasteiger partial charge in [0.05, 0.1) is 11.7 Å². The standard InChI is InChI=1S/C12H14ClN3O/c1-8(2)16-11-5-10(15-12(17)6-13)4-3-9(11)7-14-16/h3-5,7-8H,6H2,1-2H3,(H,15,17). The first-order chi connectivity index (χ1) is 8.11. The van der Waals surface area contributed by atoms with E-state index in [0.717, 1.165) is 16.6 Å². The van der Waals surface area contributed by atoms with Crippen molar-refractivity contribution in [1.29, 1.82) is 0 Å². The van der Waals surface area contributed by atoms with Crippen molar-refractivity contribution < 1.29 is 4.79 Å². The van der Waals surface area contributed by atoms with Crippen molar-refractivity contribution in [1.82, 2.24) is 9.78 Å². The highest BCUT2D eigenvalue weighted by molar-refractivity contribution is 6.29. The van der Waals surface area contributed by atoms with E-state index in [9.17, 15) is 4.79 Å². The van der Waals surface area contributed by atoms with Gasteiger partial charge < -0.3 is 5.32 Å². The van der Waals surface area contributed by atoms with E-state index in [2.05, 4.69) is 24.3 Å². The number of fused-ring (bicyclic) bond motifs is 1. The summed E-state index contributed by atoms with van der Waals surface area (Å²) in [7, 11) is 0. The lowest BCUT2D eigenvalue weighted by Gasteiger charge is -2.08. The molecule has 0 radical (unpaired) electrons. The Morgan fingerprint density at radius 3 is 2.94 bits per heavy atom. The summed E-state index contributed by atoms with van der Waals surface area (Å²) in [6.07, 6.45) is 1.82.